The van der Waals surface area contributed by atoms with E-state index < -0.39 is 18.4 Å². The van der Waals surface area contributed by atoms with Crippen molar-refractivity contribution in [1.82, 2.24) is 10.3 Å². The topological polar surface area (TPSA) is 115 Å². The predicted molar refractivity (Wildman–Crippen MR) is 75.6 cm³/mol. The highest BCUT2D eigenvalue weighted by Gasteiger charge is 2.07. The summed E-state index contributed by atoms with van der Waals surface area (Å²) < 4.78 is 0. The van der Waals surface area contributed by atoms with E-state index in [-0.39, 0.29) is 6.54 Å². The minimum atomic E-state index is -1.11. The van der Waals surface area contributed by atoms with Gasteiger partial charge in [-0.05, 0) is 12.1 Å². The van der Waals surface area contributed by atoms with Gasteiger partial charge in [-0.2, -0.15) is 5.26 Å². The van der Waals surface area contributed by atoms with Crippen molar-refractivity contribution in [3.8, 4) is 6.07 Å². The van der Waals surface area contributed by atoms with E-state index in [0.29, 0.717) is 16.9 Å². The van der Waals surface area contributed by atoms with Crippen molar-refractivity contribution >= 4 is 28.6 Å². The number of carboxylic acid groups (broad SMARTS) is 1. The number of anilines is 1. The highest BCUT2D eigenvalue weighted by Crippen LogP contribution is 2.19. The maximum absolute atomic E-state index is 11.4. The summed E-state index contributed by atoms with van der Waals surface area (Å²) in [6.45, 7) is -0.557. The Kier molecular flexibility index (Phi) is 4.31. The molecule has 0 spiro atoms. The quantitative estimate of drug-likeness (QED) is 0.745. The van der Waals surface area contributed by atoms with Crippen LogP contribution in [0.1, 0.15) is 5.56 Å². The lowest BCUT2D eigenvalue weighted by Gasteiger charge is -2.08. The number of para-hydroxylation sites is 1. The fraction of sp³-hybridized carbons (Fsp3) is 0.143. The van der Waals surface area contributed by atoms with Gasteiger partial charge in [0.15, 0.2) is 0 Å². The second-order valence-corrected chi connectivity index (χ2v) is 4.21. The number of aliphatic carboxylic acids is 1. The van der Waals surface area contributed by atoms with E-state index >= 15 is 0 Å². The Bertz CT molecular complexity index is 737. The molecule has 0 radical (unpaired) electrons. The zero-order valence-corrected chi connectivity index (χ0v) is 11.0. The number of amides is 1. The Morgan fingerprint density at radius 1 is 1.29 bits per heavy atom. The second-order valence-electron chi connectivity index (χ2n) is 4.21. The summed E-state index contributed by atoms with van der Waals surface area (Å²) in [5.41, 5.74) is 1.10. The lowest BCUT2D eigenvalue weighted by Crippen LogP contribution is -2.33. The average Bonchev–Trinajstić information content (AvgIpc) is 2.49. The van der Waals surface area contributed by atoms with E-state index in [1.165, 1.54) is 0 Å². The summed E-state index contributed by atoms with van der Waals surface area (Å²) in [7, 11) is 0. The van der Waals surface area contributed by atoms with Gasteiger partial charge < -0.3 is 15.7 Å². The van der Waals surface area contributed by atoms with Crippen LogP contribution in [0.15, 0.2) is 30.3 Å². The molecule has 0 fully saturated rings. The maximum atomic E-state index is 11.4. The lowest BCUT2D eigenvalue weighted by atomic mass is 10.1. The van der Waals surface area contributed by atoms with Crippen LogP contribution in [0.2, 0.25) is 0 Å². The number of pyridine rings is 1. The number of carbonyl (C=O) groups is 2. The summed E-state index contributed by atoms with van der Waals surface area (Å²) in [5, 5.41) is 23.3. The molecular formula is C14H12N4O3. The molecule has 7 nitrogen and oxygen atoms in total. The Balaban J connectivity index is 2.11. The highest BCUT2D eigenvalue weighted by atomic mass is 16.4. The SMILES string of the molecule is N#Cc1cc(NCC(=O)NCC(=O)O)nc2ccccc12. The van der Waals surface area contributed by atoms with Crippen LogP contribution >= 0.6 is 0 Å². The van der Waals surface area contributed by atoms with Crippen molar-refractivity contribution in [2.24, 2.45) is 0 Å². The van der Waals surface area contributed by atoms with Crippen LogP contribution in [-0.2, 0) is 9.59 Å². The minimum Gasteiger partial charge on any atom is -0.480 e. The number of benzene rings is 1. The fourth-order valence-electron chi connectivity index (χ4n) is 1.77. The first-order valence-electron chi connectivity index (χ1n) is 6.12. The number of carbonyl (C=O) groups excluding carboxylic acids is 1. The molecule has 0 saturated carbocycles. The van der Waals surface area contributed by atoms with Gasteiger partial charge in [0, 0.05) is 5.39 Å². The summed E-state index contributed by atoms with van der Waals surface area (Å²) in [4.78, 5) is 26.0. The molecule has 3 N–H and O–H groups in total. The van der Waals surface area contributed by atoms with Gasteiger partial charge >= 0.3 is 5.97 Å². The first-order valence-corrected chi connectivity index (χ1v) is 6.12. The van der Waals surface area contributed by atoms with Crippen molar-refractivity contribution in [2.45, 2.75) is 0 Å². The van der Waals surface area contributed by atoms with Crippen molar-refractivity contribution in [3.05, 3.63) is 35.9 Å². The molecule has 0 aliphatic carbocycles. The molecule has 0 unspecified atom stereocenters. The number of nitrogens with zero attached hydrogens (tertiary/aromatic N) is 2. The summed E-state index contributed by atoms with van der Waals surface area (Å²) in [6, 6.07) is 10.8. The maximum Gasteiger partial charge on any atom is 0.322 e. The van der Waals surface area contributed by atoms with E-state index in [4.69, 9.17) is 10.4 Å². The molecule has 0 atom stereocenters. The molecule has 0 bridgehead atoms. The van der Waals surface area contributed by atoms with Gasteiger partial charge in [-0.1, -0.05) is 18.2 Å². The number of nitrogens with one attached hydrogen (secondary N) is 2. The smallest absolute Gasteiger partial charge is 0.322 e. The van der Waals surface area contributed by atoms with Gasteiger partial charge in [0.05, 0.1) is 23.7 Å². The molecule has 0 aliphatic rings. The third-order valence-corrected chi connectivity index (χ3v) is 2.70. The largest absolute Gasteiger partial charge is 0.480 e. The molecule has 1 amide bonds. The standard InChI is InChI=1S/C14H12N4O3/c15-6-9-5-12(16-7-13(19)17-8-14(20)21)18-11-4-2-1-3-10(9)11/h1-5H,7-8H2,(H,16,18)(H,17,19)(H,20,21). The minimum absolute atomic E-state index is 0.122. The number of hydrogen-bond acceptors (Lipinski definition) is 5. The molecule has 21 heavy (non-hydrogen) atoms. The molecular weight excluding hydrogens is 272 g/mol. The second kappa shape index (κ2) is 6.34. The van der Waals surface area contributed by atoms with Gasteiger partial charge in [-0.15, -0.1) is 0 Å². The van der Waals surface area contributed by atoms with Gasteiger partial charge in [0.25, 0.3) is 0 Å². The third kappa shape index (κ3) is 3.67. The average molecular weight is 284 g/mol. The molecule has 2 aromatic rings. The van der Waals surface area contributed by atoms with Crippen LogP contribution in [-0.4, -0.2) is 35.1 Å². The van der Waals surface area contributed by atoms with Crippen LogP contribution in [0.3, 0.4) is 0 Å². The summed E-state index contributed by atoms with van der Waals surface area (Å²) >= 11 is 0. The van der Waals surface area contributed by atoms with Crippen LogP contribution in [0.25, 0.3) is 10.9 Å². The zero-order valence-electron chi connectivity index (χ0n) is 11.0. The van der Waals surface area contributed by atoms with E-state index in [9.17, 15) is 9.59 Å². The molecule has 1 aromatic heterocycles. The Hall–Kier alpha value is -3.14. The van der Waals surface area contributed by atoms with E-state index in [0.717, 1.165) is 5.39 Å². The monoisotopic (exact) mass is 284 g/mol. The highest BCUT2D eigenvalue weighted by molar-refractivity contribution is 5.87. The normalized spacial score (nSPS) is 9.86. The zero-order chi connectivity index (χ0) is 15.2. The number of aromatic nitrogens is 1. The lowest BCUT2D eigenvalue weighted by molar-refractivity contribution is -0.137. The number of fused-ring (bicyclic) bond motifs is 1. The van der Waals surface area contributed by atoms with Gasteiger partial charge in [0.2, 0.25) is 5.91 Å². The predicted octanol–water partition coefficient (Wildman–Crippen LogP) is 0.719. The summed E-state index contributed by atoms with van der Waals surface area (Å²) in [5.74, 6) is -1.19. The fourth-order valence-corrected chi connectivity index (χ4v) is 1.77. The van der Waals surface area contributed by atoms with Crippen molar-refractivity contribution < 1.29 is 14.7 Å². The third-order valence-electron chi connectivity index (χ3n) is 2.70. The Morgan fingerprint density at radius 3 is 2.76 bits per heavy atom. The van der Waals surface area contributed by atoms with Gasteiger partial charge in [-0.3, -0.25) is 9.59 Å². The molecule has 2 rings (SSSR count). The number of nitriles is 1. The van der Waals surface area contributed by atoms with Crippen LogP contribution < -0.4 is 10.6 Å². The molecule has 1 aromatic carbocycles. The molecule has 7 heteroatoms. The number of carboxylic acids is 1. The van der Waals surface area contributed by atoms with E-state index in [1.54, 1.807) is 24.3 Å². The van der Waals surface area contributed by atoms with Crippen molar-refractivity contribution in [1.29, 1.82) is 5.26 Å². The Labute approximate surface area is 120 Å². The van der Waals surface area contributed by atoms with E-state index in [1.807, 2.05) is 6.07 Å². The summed E-state index contributed by atoms with van der Waals surface area (Å²) in [6.07, 6.45) is 0. The molecule has 0 aliphatic heterocycles. The molecule has 1 heterocycles. The van der Waals surface area contributed by atoms with Crippen LogP contribution in [0.5, 0.6) is 0 Å². The molecule has 0 saturated heterocycles. The Morgan fingerprint density at radius 2 is 2.05 bits per heavy atom. The first-order chi connectivity index (χ1) is 10.1. The van der Waals surface area contributed by atoms with Gasteiger partial charge in [-0.25, -0.2) is 4.98 Å². The van der Waals surface area contributed by atoms with Crippen LogP contribution in [0.4, 0.5) is 5.82 Å². The number of hydrogen-bond donors (Lipinski definition) is 3. The van der Waals surface area contributed by atoms with Crippen molar-refractivity contribution in [2.75, 3.05) is 18.4 Å². The first kappa shape index (κ1) is 14.3. The van der Waals surface area contributed by atoms with Crippen molar-refractivity contribution in [3.63, 3.8) is 0 Å². The molecule has 106 valence electrons. The van der Waals surface area contributed by atoms with Crippen LogP contribution in [0, 0.1) is 11.3 Å². The van der Waals surface area contributed by atoms with E-state index in [2.05, 4.69) is 21.7 Å². The number of rotatable bonds is 5. The van der Waals surface area contributed by atoms with Gasteiger partial charge in [0.1, 0.15) is 12.4 Å².